The Kier molecular flexibility index (Phi) is 5.07. The highest BCUT2D eigenvalue weighted by atomic mass is 16.5. The molecule has 0 aliphatic heterocycles. The van der Waals surface area contributed by atoms with E-state index in [2.05, 4.69) is 0 Å². The Morgan fingerprint density at radius 1 is 1.09 bits per heavy atom. The van der Waals surface area contributed by atoms with Crippen LogP contribution in [-0.4, -0.2) is 12.4 Å². The second-order valence-corrected chi connectivity index (χ2v) is 4.37. The molecular weight excluding hydrogens is 276 g/mol. The molecular formula is C18H12N2O2. The van der Waals surface area contributed by atoms with Gasteiger partial charge in [-0.2, -0.15) is 10.5 Å². The fourth-order valence-corrected chi connectivity index (χ4v) is 1.83. The van der Waals surface area contributed by atoms with Gasteiger partial charge in [-0.05, 0) is 42.5 Å². The number of hydrogen-bond donors (Lipinski definition) is 0. The molecule has 106 valence electrons. The van der Waals surface area contributed by atoms with Gasteiger partial charge in [0.2, 0.25) is 0 Å². The monoisotopic (exact) mass is 288 g/mol. The number of rotatable bonds is 5. The summed E-state index contributed by atoms with van der Waals surface area (Å²) >= 11 is 0. The number of allylic oxidation sites excluding steroid dienone is 1. The van der Waals surface area contributed by atoms with Gasteiger partial charge in [-0.3, -0.25) is 4.79 Å². The molecule has 22 heavy (non-hydrogen) atoms. The molecule has 0 unspecified atom stereocenters. The minimum atomic E-state index is -0.167. The Hall–Kier alpha value is -3.37. The zero-order valence-electron chi connectivity index (χ0n) is 11.7. The molecule has 0 aliphatic rings. The van der Waals surface area contributed by atoms with Crippen molar-refractivity contribution in [3.05, 3.63) is 71.3 Å². The normalized spacial score (nSPS) is 9.91. The molecule has 4 nitrogen and oxygen atoms in total. The zero-order valence-corrected chi connectivity index (χ0v) is 11.7. The van der Waals surface area contributed by atoms with Crippen LogP contribution >= 0.6 is 0 Å². The summed E-state index contributed by atoms with van der Waals surface area (Å²) < 4.78 is 5.29. The molecule has 4 heteroatoms. The van der Waals surface area contributed by atoms with Crippen LogP contribution in [0.5, 0.6) is 5.75 Å². The van der Waals surface area contributed by atoms with Gasteiger partial charge in [-0.15, -0.1) is 0 Å². The number of ether oxygens (including phenoxy) is 1. The van der Waals surface area contributed by atoms with Crippen molar-refractivity contribution in [2.45, 2.75) is 0 Å². The van der Waals surface area contributed by atoms with Crippen LogP contribution in [0.25, 0.3) is 6.08 Å². The van der Waals surface area contributed by atoms with Crippen LogP contribution in [0.3, 0.4) is 0 Å². The molecule has 0 radical (unpaired) electrons. The summed E-state index contributed by atoms with van der Waals surface area (Å²) in [6, 6.07) is 17.5. The van der Waals surface area contributed by atoms with Crippen LogP contribution in [0.1, 0.15) is 21.5 Å². The van der Waals surface area contributed by atoms with Gasteiger partial charge in [0.05, 0.1) is 11.6 Å². The van der Waals surface area contributed by atoms with E-state index in [4.69, 9.17) is 15.3 Å². The Bertz CT molecular complexity index is 778. The Morgan fingerprint density at radius 3 is 2.50 bits per heavy atom. The fourth-order valence-electron chi connectivity index (χ4n) is 1.83. The number of nitriles is 2. The largest absolute Gasteiger partial charge is 0.478 e. The number of ketones is 1. The molecule has 0 saturated carbocycles. The molecule has 0 bridgehead atoms. The molecule has 0 spiro atoms. The highest BCUT2D eigenvalue weighted by molar-refractivity contribution is 6.07. The lowest BCUT2D eigenvalue weighted by Crippen LogP contribution is -1.96. The lowest BCUT2D eigenvalue weighted by Gasteiger charge is -2.05. The molecule has 0 amide bonds. The Labute approximate surface area is 128 Å². The van der Waals surface area contributed by atoms with Crippen LogP contribution < -0.4 is 4.74 Å². The van der Waals surface area contributed by atoms with Gasteiger partial charge >= 0.3 is 0 Å². The van der Waals surface area contributed by atoms with Crippen LogP contribution in [0.2, 0.25) is 0 Å². The third-order valence-corrected chi connectivity index (χ3v) is 2.92. The number of carbonyl (C=O) groups is 1. The summed E-state index contributed by atoms with van der Waals surface area (Å²) in [6.07, 6.45) is 3.09. The van der Waals surface area contributed by atoms with Gasteiger partial charge in [-0.1, -0.05) is 18.2 Å². The molecule has 0 heterocycles. The number of hydrogen-bond acceptors (Lipinski definition) is 4. The van der Waals surface area contributed by atoms with E-state index >= 15 is 0 Å². The minimum absolute atomic E-state index is 0.0472. The SMILES string of the molecule is N#CCOc1ccccc1/C=C/C(=O)c1ccc(C#N)cc1. The van der Waals surface area contributed by atoms with E-state index in [1.54, 1.807) is 48.5 Å². The molecule has 0 aromatic heterocycles. The van der Waals surface area contributed by atoms with Crippen molar-refractivity contribution in [3.63, 3.8) is 0 Å². The van der Waals surface area contributed by atoms with Crippen molar-refractivity contribution in [3.8, 4) is 17.9 Å². The van der Waals surface area contributed by atoms with Gasteiger partial charge < -0.3 is 4.74 Å². The van der Waals surface area contributed by atoms with Crippen molar-refractivity contribution in [2.24, 2.45) is 0 Å². The molecule has 0 saturated heterocycles. The van der Waals surface area contributed by atoms with E-state index in [9.17, 15) is 4.79 Å². The second-order valence-electron chi connectivity index (χ2n) is 4.37. The summed E-state index contributed by atoms with van der Waals surface area (Å²) in [7, 11) is 0. The first-order valence-corrected chi connectivity index (χ1v) is 6.56. The van der Waals surface area contributed by atoms with Gasteiger partial charge in [0.15, 0.2) is 12.4 Å². The maximum atomic E-state index is 12.1. The van der Waals surface area contributed by atoms with Crippen molar-refractivity contribution in [1.29, 1.82) is 10.5 Å². The topological polar surface area (TPSA) is 73.9 Å². The number of benzene rings is 2. The molecule has 0 aliphatic carbocycles. The van der Waals surface area contributed by atoms with E-state index in [0.29, 0.717) is 16.9 Å². The van der Waals surface area contributed by atoms with Gasteiger partial charge in [0, 0.05) is 11.1 Å². The maximum Gasteiger partial charge on any atom is 0.185 e. The molecule has 0 atom stereocenters. The van der Waals surface area contributed by atoms with E-state index < -0.39 is 0 Å². The second kappa shape index (κ2) is 7.42. The summed E-state index contributed by atoms with van der Waals surface area (Å²) in [4.78, 5) is 12.1. The lowest BCUT2D eigenvalue weighted by atomic mass is 10.1. The van der Waals surface area contributed by atoms with E-state index in [0.717, 1.165) is 5.56 Å². The van der Waals surface area contributed by atoms with Gasteiger partial charge in [0.25, 0.3) is 0 Å². The number of para-hydroxylation sites is 1. The first-order valence-electron chi connectivity index (χ1n) is 6.56. The number of carbonyl (C=O) groups excluding carboxylic acids is 1. The maximum absolute atomic E-state index is 12.1. The quantitative estimate of drug-likeness (QED) is 0.624. The lowest BCUT2D eigenvalue weighted by molar-refractivity contribution is 0.104. The Balaban J connectivity index is 2.16. The average molecular weight is 288 g/mol. The van der Waals surface area contributed by atoms with Gasteiger partial charge in [-0.25, -0.2) is 0 Å². The van der Waals surface area contributed by atoms with Crippen LogP contribution in [0.15, 0.2) is 54.6 Å². The average Bonchev–Trinajstić information content (AvgIpc) is 2.58. The fraction of sp³-hybridized carbons (Fsp3) is 0.0556. The predicted molar refractivity (Wildman–Crippen MR) is 82.1 cm³/mol. The smallest absolute Gasteiger partial charge is 0.185 e. The first kappa shape index (κ1) is 15.0. The third-order valence-electron chi connectivity index (χ3n) is 2.92. The molecule has 0 fully saturated rings. The van der Waals surface area contributed by atoms with E-state index in [1.807, 2.05) is 18.2 Å². The van der Waals surface area contributed by atoms with Crippen molar-refractivity contribution in [2.75, 3.05) is 6.61 Å². The summed E-state index contributed by atoms with van der Waals surface area (Å²) in [5, 5.41) is 17.3. The summed E-state index contributed by atoms with van der Waals surface area (Å²) in [5.74, 6) is 0.382. The number of nitrogens with zero attached hydrogens (tertiary/aromatic N) is 2. The molecule has 2 aromatic carbocycles. The summed E-state index contributed by atoms with van der Waals surface area (Å²) in [6.45, 7) is -0.0472. The zero-order chi connectivity index (χ0) is 15.8. The first-order chi connectivity index (χ1) is 10.7. The van der Waals surface area contributed by atoms with Crippen LogP contribution in [0, 0.1) is 22.7 Å². The van der Waals surface area contributed by atoms with E-state index in [1.165, 1.54) is 6.08 Å². The standard InChI is InChI=1S/C18H12N2O2/c19-11-12-22-18-4-2-1-3-16(18)9-10-17(21)15-7-5-14(13-20)6-8-15/h1-10H,12H2/b10-9+. The van der Waals surface area contributed by atoms with Crippen molar-refractivity contribution >= 4 is 11.9 Å². The highest BCUT2D eigenvalue weighted by Crippen LogP contribution is 2.19. The minimum Gasteiger partial charge on any atom is -0.478 e. The van der Waals surface area contributed by atoms with Crippen LogP contribution in [-0.2, 0) is 0 Å². The highest BCUT2D eigenvalue weighted by Gasteiger charge is 2.03. The van der Waals surface area contributed by atoms with Crippen molar-refractivity contribution in [1.82, 2.24) is 0 Å². The summed E-state index contributed by atoms with van der Waals surface area (Å²) in [5.41, 5.74) is 1.74. The Morgan fingerprint density at radius 2 is 1.82 bits per heavy atom. The molecule has 2 rings (SSSR count). The van der Waals surface area contributed by atoms with Crippen molar-refractivity contribution < 1.29 is 9.53 Å². The third kappa shape index (κ3) is 3.82. The van der Waals surface area contributed by atoms with E-state index in [-0.39, 0.29) is 12.4 Å². The van der Waals surface area contributed by atoms with Crippen LogP contribution in [0.4, 0.5) is 0 Å². The molecule has 0 N–H and O–H groups in total. The van der Waals surface area contributed by atoms with Gasteiger partial charge in [0.1, 0.15) is 11.8 Å². The predicted octanol–water partition coefficient (Wildman–Crippen LogP) is 3.36. The molecule has 2 aromatic rings.